The fourth-order valence-electron chi connectivity index (χ4n) is 3.46. The summed E-state index contributed by atoms with van der Waals surface area (Å²) in [5.41, 5.74) is 3.07. The van der Waals surface area contributed by atoms with E-state index in [0.29, 0.717) is 13.0 Å². The van der Waals surface area contributed by atoms with Crippen LogP contribution >= 0.6 is 0 Å². The van der Waals surface area contributed by atoms with E-state index >= 15 is 0 Å². The number of nitrogens with one attached hydrogen (secondary N) is 1. The monoisotopic (exact) mass is 367 g/mol. The molecule has 1 fully saturated rings. The first-order valence-electron chi connectivity index (χ1n) is 9.86. The predicted molar refractivity (Wildman–Crippen MR) is 108 cm³/mol. The minimum Gasteiger partial charge on any atom is -0.371 e. The Labute approximate surface area is 161 Å². The molecule has 2 aromatic rings. The zero-order valence-electron chi connectivity index (χ0n) is 16.1. The lowest BCUT2D eigenvalue weighted by Gasteiger charge is -2.32. The van der Waals surface area contributed by atoms with Crippen LogP contribution in [0.25, 0.3) is 0 Å². The van der Waals surface area contributed by atoms with Gasteiger partial charge in [0, 0.05) is 31.4 Å². The highest BCUT2D eigenvalue weighted by Gasteiger charge is 2.21. The summed E-state index contributed by atoms with van der Waals surface area (Å²) >= 11 is 0. The van der Waals surface area contributed by atoms with Gasteiger partial charge in [-0.2, -0.15) is 0 Å². The van der Waals surface area contributed by atoms with Gasteiger partial charge in [0.05, 0.1) is 18.4 Å². The topological polar surface area (TPSA) is 54.5 Å². The summed E-state index contributed by atoms with van der Waals surface area (Å²) in [6.45, 7) is 5.33. The first kappa shape index (κ1) is 19.5. The van der Waals surface area contributed by atoms with Crippen molar-refractivity contribution in [2.45, 2.75) is 45.3 Å². The Hall–Kier alpha value is -2.24. The lowest BCUT2D eigenvalue weighted by atomic mass is 10.1. The highest BCUT2D eigenvalue weighted by atomic mass is 16.5. The molecule has 0 saturated carbocycles. The molecule has 144 valence electrons. The molecule has 1 atom stereocenters. The van der Waals surface area contributed by atoms with Crippen molar-refractivity contribution in [1.29, 1.82) is 0 Å². The van der Waals surface area contributed by atoms with Crippen LogP contribution in [0, 0.1) is 0 Å². The van der Waals surface area contributed by atoms with Gasteiger partial charge >= 0.3 is 0 Å². The Morgan fingerprint density at radius 2 is 2.11 bits per heavy atom. The third-order valence-corrected chi connectivity index (χ3v) is 4.98. The molecule has 1 aliphatic heterocycles. The summed E-state index contributed by atoms with van der Waals surface area (Å²) in [7, 11) is 0. The molecule has 5 heteroatoms. The van der Waals surface area contributed by atoms with E-state index in [9.17, 15) is 4.79 Å². The van der Waals surface area contributed by atoms with Crippen LogP contribution < -0.4 is 5.32 Å². The summed E-state index contributed by atoms with van der Waals surface area (Å²) in [5.74, 6) is 0.0763. The number of hydrogen-bond acceptors (Lipinski definition) is 4. The smallest absolute Gasteiger partial charge is 0.225 e. The van der Waals surface area contributed by atoms with Crippen molar-refractivity contribution >= 4 is 11.6 Å². The molecule has 1 aliphatic rings. The number of ether oxygens (including phenoxy) is 1. The molecule has 0 bridgehead atoms. The van der Waals surface area contributed by atoms with Crippen LogP contribution in [0.4, 0.5) is 5.69 Å². The van der Waals surface area contributed by atoms with E-state index in [4.69, 9.17) is 4.74 Å². The first-order chi connectivity index (χ1) is 13.2. The van der Waals surface area contributed by atoms with Crippen molar-refractivity contribution in [3.05, 3.63) is 59.9 Å². The predicted octanol–water partition coefficient (Wildman–Crippen LogP) is 3.65. The van der Waals surface area contributed by atoms with Crippen LogP contribution in [0.1, 0.15) is 37.4 Å². The van der Waals surface area contributed by atoms with Gasteiger partial charge in [0.25, 0.3) is 0 Å². The molecule has 1 saturated heterocycles. The molecule has 1 aromatic heterocycles. The molecular formula is C22H29N3O2. The van der Waals surface area contributed by atoms with Crippen molar-refractivity contribution < 1.29 is 9.53 Å². The Morgan fingerprint density at radius 3 is 2.93 bits per heavy atom. The van der Waals surface area contributed by atoms with E-state index in [0.717, 1.165) is 50.3 Å². The summed E-state index contributed by atoms with van der Waals surface area (Å²) < 4.78 is 6.03. The van der Waals surface area contributed by atoms with E-state index in [1.165, 1.54) is 5.56 Å². The molecule has 0 aliphatic carbocycles. The standard InChI is InChI=1S/C22H29N3O2/c1-2-18-8-3-4-11-21(18)24-22(26)12-15-25-14-7-10-20(16-25)27-17-19-9-5-6-13-23-19/h3-6,8-9,11,13,20H,2,7,10,12,14-17H2,1H3,(H,24,26)/t20-/m0/s1. The van der Waals surface area contributed by atoms with Gasteiger partial charge in [0.15, 0.2) is 0 Å². The second-order valence-electron chi connectivity index (χ2n) is 7.01. The average molecular weight is 367 g/mol. The van der Waals surface area contributed by atoms with Gasteiger partial charge in [0.1, 0.15) is 0 Å². The van der Waals surface area contributed by atoms with Crippen molar-refractivity contribution in [1.82, 2.24) is 9.88 Å². The zero-order valence-corrected chi connectivity index (χ0v) is 16.1. The second kappa shape index (κ2) is 10.2. The fourth-order valence-corrected chi connectivity index (χ4v) is 3.46. The molecule has 27 heavy (non-hydrogen) atoms. The van der Waals surface area contributed by atoms with Crippen molar-refractivity contribution in [3.8, 4) is 0 Å². The largest absolute Gasteiger partial charge is 0.371 e. The number of hydrogen-bond donors (Lipinski definition) is 1. The van der Waals surface area contributed by atoms with E-state index in [1.807, 2.05) is 36.4 Å². The molecule has 1 N–H and O–H groups in total. The number of amides is 1. The Balaban J connectivity index is 1.41. The highest BCUT2D eigenvalue weighted by Crippen LogP contribution is 2.17. The van der Waals surface area contributed by atoms with Crippen molar-refractivity contribution in [2.75, 3.05) is 25.0 Å². The van der Waals surface area contributed by atoms with Gasteiger partial charge in [-0.25, -0.2) is 0 Å². The Bertz CT molecular complexity index is 721. The van der Waals surface area contributed by atoms with Crippen LogP contribution in [0.3, 0.4) is 0 Å². The molecule has 0 spiro atoms. The van der Waals surface area contributed by atoms with Crippen LogP contribution in [-0.2, 0) is 22.6 Å². The Kier molecular flexibility index (Phi) is 7.36. The maximum absolute atomic E-state index is 12.3. The SMILES string of the molecule is CCc1ccccc1NC(=O)CCN1CCC[C@H](OCc2ccccn2)C1. The number of rotatable bonds is 8. The van der Waals surface area contributed by atoms with E-state index in [-0.39, 0.29) is 12.0 Å². The second-order valence-corrected chi connectivity index (χ2v) is 7.01. The van der Waals surface area contributed by atoms with Gasteiger partial charge in [-0.15, -0.1) is 0 Å². The minimum atomic E-state index is 0.0763. The van der Waals surface area contributed by atoms with Crippen molar-refractivity contribution in [3.63, 3.8) is 0 Å². The molecule has 1 amide bonds. The first-order valence-corrected chi connectivity index (χ1v) is 9.86. The number of carbonyl (C=O) groups is 1. The normalized spacial score (nSPS) is 17.6. The number of para-hydroxylation sites is 1. The third-order valence-electron chi connectivity index (χ3n) is 4.98. The summed E-state index contributed by atoms with van der Waals surface area (Å²) in [5, 5.41) is 3.05. The minimum absolute atomic E-state index is 0.0763. The van der Waals surface area contributed by atoms with Crippen LogP contribution in [-0.4, -0.2) is 41.5 Å². The quantitative estimate of drug-likeness (QED) is 0.774. The molecule has 3 rings (SSSR count). The number of likely N-dealkylation sites (tertiary alicyclic amines) is 1. The number of anilines is 1. The number of pyridine rings is 1. The number of benzene rings is 1. The molecular weight excluding hydrogens is 338 g/mol. The molecule has 0 radical (unpaired) electrons. The Morgan fingerprint density at radius 1 is 1.26 bits per heavy atom. The van der Waals surface area contributed by atoms with E-state index in [1.54, 1.807) is 6.20 Å². The van der Waals surface area contributed by atoms with E-state index < -0.39 is 0 Å². The highest BCUT2D eigenvalue weighted by molar-refractivity contribution is 5.91. The van der Waals surface area contributed by atoms with Crippen LogP contribution in [0.15, 0.2) is 48.7 Å². The maximum Gasteiger partial charge on any atom is 0.225 e. The van der Waals surface area contributed by atoms with E-state index in [2.05, 4.69) is 28.2 Å². The number of aryl methyl sites for hydroxylation is 1. The zero-order chi connectivity index (χ0) is 18.9. The third kappa shape index (κ3) is 6.15. The molecule has 5 nitrogen and oxygen atoms in total. The number of aromatic nitrogens is 1. The molecule has 1 aromatic carbocycles. The van der Waals surface area contributed by atoms with Gasteiger partial charge in [-0.05, 0) is 49.6 Å². The van der Waals surface area contributed by atoms with Gasteiger partial charge in [-0.1, -0.05) is 31.2 Å². The average Bonchev–Trinajstić information content (AvgIpc) is 2.72. The number of piperidine rings is 1. The summed E-state index contributed by atoms with van der Waals surface area (Å²) in [6.07, 6.45) is 5.60. The summed E-state index contributed by atoms with van der Waals surface area (Å²) in [4.78, 5) is 19.0. The van der Waals surface area contributed by atoms with Crippen LogP contribution in [0.5, 0.6) is 0 Å². The lowest BCUT2D eigenvalue weighted by molar-refractivity contribution is -0.116. The fraction of sp³-hybridized carbons (Fsp3) is 0.455. The maximum atomic E-state index is 12.3. The number of nitrogens with zero attached hydrogens (tertiary/aromatic N) is 2. The number of carbonyl (C=O) groups excluding carboxylic acids is 1. The molecule has 0 unspecified atom stereocenters. The van der Waals surface area contributed by atoms with Crippen LogP contribution in [0.2, 0.25) is 0 Å². The van der Waals surface area contributed by atoms with Crippen molar-refractivity contribution in [2.24, 2.45) is 0 Å². The van der Waals surface area contributed by atoms with Gasteiger partial charge < -0.3 is 15.0 Å². The van der Waals surface area contributed by atoms with Gasteiger partial charge in [-0.3, -0.25) is 9.78 Å². The lowest BCUT2D eigenvalue weighted by Crippen LogP contribution is -2.40. The summed E-state index contributed by atoms with van der Waals surface area (Å²) in [6, 6.07) is 13.9. The van der Waals surface area contributed by atoms with Gasteiger partial charge in [0.2, 0.25) is 5.91 Å². The molecule has 2 heterocycles.